The SMILES string of the molecule is CC(C)CNS(=O)(=O)c1ccc(OCC(=O)Nc2ccc(Br)cc2F)c(Cl)c1. The van der Waals surface area contributed by atoms with Crippen LogP contribution in [0.1, 0.15) is 13.8 Å². The third kappa shape index (κ3) is 6.44. The Bertz CT molecular complexity index is 970. The van der Waals surface area contributed by atoms with Gasteiger partial charge in [0.05, 0.1) is 15.6 Å². The molecule has 1 amide bonds. The lowest BCUT2D eigenvalue weighted by atomic mass is 10.2. The predicted molar refractivity (Wildman–Crippen MR) is 110 cm³/mol. The summed E-state index contributed by atoms with van der Waals surface area (Å²) in [5, 5.41) is 2.42. The molecule has 0 radical (unpaired) electrons. The van der Waals surface area contributed by atoms with Crippen LogP contribution in [-0.2, 0) is 14.8 Å². The predicted octanol–water partition coefficient (Wildman–Crippen LogP) is 4.19. The second-order valence-corrected chi connectivity index (χ2v) is 9.39. The van der Waals surface area contributed by atoms with Crippen LogP contribution in [0, 0.1) is 11.7 Å². The fourth-order valence-electron chi connectivity index (χ4n) is 2.05. The van der Waals surface area contributed by atoms with Crippen molar-refractivity contribution in [3.8, 4) is 5.75 Å². The van der Waals surface area contributed by atoms with Crippen LogP contribution in [0.3, 0.4) is 0 Å². The monoisotopic (exact) mass is 492 g/mol. The smallest absolute Gasteiger partial charge is 0.262 e. The van der Waals surface area contributed by atoms with E-state index in [1.807, 2.05) is 13.8 Å². The maximum atomic E-state index is 13.7. The van der Waals surface area contributed by atoms with Gasteiger partial charge in [-0.1, -0.05) is 41.4 Å². The fourth-order valence-corrected chi connectivity index (χ4v) is 3.92. The normalized spacial score (nSPS) is 11.5. The number of carbonyl (C=O) groups is 1. The van der Waals surface area contributed by atoms with Crippen LogP contribution in [0.25, 0.3) is 0 Å². The van der Waals surface area contributed by atoms with Crippen LogP contribution in [0.2, 0.25) is 5.02 Å². The molecule has 2 aromatic rings. The Balaban J connectivity index is 2.00. The number of ether oxygens (including phenoxy) is 1. The quantitative estimate of drug-likeness (QED) is 0.577. The molecule has 2 rings (SSSR count). The summed E-state index contributed by atoms with van der Waals surface area (Å²) in [7, 11) is -3.69. The highest BCUT2D eigenvalue weighted by Gasteiger charge is 2.17. The van der Waals surface area contributed by atoms with Gasteiger partial charge in [-0.25, -0.2) is 17.5 Å². The standard InChI is InChI=1S/C18H19BrClFN2O4S/c1-11(2)9-22-28(25,26)13-4-6-17(14(20)8-13)27-10-18(24)23-16-5-3-12(19)7-15(16)21/h3-8,11,22H,9-10H2,1-2H3,(H,23,24). The van der Waals surface area contributed by atoms with Gasteiger partial charge in [0, 0.05) is 11.0 Å². The second kappa shape index (κ2) is 9.69. The highest BCUT2D eigenvalue weighted by molar-refractivity contribution is 9.10. The highest BCUT2D eigenvalue weighted by Crippen LogP contribution is 2.27. The fraction of sp³-hybridized carbons (Fsp3) is 0.278. The van der Waals surface area contributed by atoms with Gasteiger partial charge in [-0.2, -0.15) is 0 Å². The number of sulfonamides is 1. The zero-order valence-corrected chi connectivity index (χ0v) is 18.3. The van der Waals surface area contributed by atoms with Gasteiger partial charge in [-0.15, -0.1) is 0 Å². The first-order valence-electron chi connectivity index (χ1n) is 8.25. The Morgan fingerprint density at radius 2 is 1.96 bits per heavy atom. The van der Waals surface area contributed by atoms with E-state index in [9.17, 15) is 17.6 Å². The zero-order valence-electron chi connectivity index (χ0n) is 15.1. The molecule has 0 spiro atoms. The highest BCUT2D eigenvalue weighted by atomic mass is 79.9. The van der Waals surface area contributed by atoms with Gasteiger partial charge in [-0.3, -0.25) is 4.79 Å². The van der Waals surface area contributed by atoms with Crippen molar-refractivity contribution in [2.45, 2.75) is 18.7 Å². The molecule has 10 heteroatoms. The largest absolute Gasteiger partial charge is 0.482 e. The minimum atomic E-state index is -3.69. The second-order valence-electron chi connectivity index (χ2n) is 6.30. The van der Waals surface area contributed by atoms with Crippen LogP contribution in [0.15, 0.2) is 45.8 Å². The molecular weight excluding hydrogens is 475 g/mol. The minimum Gasteiger partial charge on any atom is -0.482 e. The van der Waals surface area contributed by atoms with E-state index in [2.05, 4.69) is 26.0 Å². The molecule has 0 saturated heterocycles. The Hall–Kier alpha value is -1.68. The molecule has 0 unspecified atom stereocenters. The molecule has 0 saturated carbocycles. The molecule has 28 heavy (non-hydrogen) atoms. The first-order chi connectivity index (χ1) is 13.1. The number of anilines is 1. The van der Waals surface area contributed by atoms with Crippen molar-refractivity contribution in [1.82, 2.24) is 4.72 Å². The molecule has 0 aliphatic carbocycles. The van der Waals surface area contributed by atoms with Gasteiger partial charge in [-0.05, 0) is 42.3 Å². The van der Waals surface area contributed by atoms with Crippen LogP contribution in [0.5, 0.6) is 5.75 Å². The topological polar surface area (TPSA) is 84.5 Å². The van der Waals surface area contributed by atoms with Gasteiger partial charge < -0.3 is 10.1 Å². The van der Waals surface area contributed by atoms with E-state index >= 15 is 0 Å². The third-order valence-electron chi connectivity index (χ3n) is 3.46. The molecule has 2 aromatic carbocycles. The van der Waals surface area contributed by atoms with E-state index in [0.29, 0.717) is 11.0 Å². The number of halogens is 3. The third-order valence-corrected chi connectivity index (χ3v) is 5.67. The van der Waals surface area contributed by atoms with Crippen LogP contribution in [0.4, 0.5) is 10.1 Å². The number of hydrogen-bond acceptors (Lipinski definition) is 4. The summed E-state index contributed by atoms with van der Waals surface area (Å²) in [6.45, 7) is 3.65. The maximum absolute atomic E-state index is 13.7. The molecule has 2 N–H and O–H groups in total. The maximum Gasteiger partial charge on any atom is 0.262 e. The number of rotatable bonds is 8. The molecule has 0 atom stereocenters. The van der Waals surface area contributed by atoms with Crippen molar-refractivity contribution < 1.29 is 22.3 Å². The van der Waals surface area contributed by atoms with Gasteiger partial charge >= 0.3 is 0 Å². The van der Waals surface area contributed by atoms with E-state index in [0.717, 1.165) is 0 Å². The average molecular weight is 494 g/mol. The van der Waals surface area contributed by atoms with Crippen molar-refractivity contribution in [1.29, 1.82) is 0 Å². The van der Waals surface area contributed by atoms with E-state index in [1.54, 1.807) is 6.07 Å². The molecule has 0 heterocycles. The number of carbonyl (C=O) groups excluding carboxylic acids is 1. The first kappa shape index (κ1) is 22.6. The summed E-state index contributed by atoms with van der Waals surface area (Å²) in [4.78, 5) is 11.9. The summed E-state index contributed by atoms with van der Waals surface area (Å²) < 4.78 is 46.5. The Morgan fingerprint density at radius 1 is 1.25 bits per heavy atom. The van der Waals surface area contributed by atoms with E-state index in [-0.39, 0.29) is 27.3 Å². The first-order valence-corrected chi connectivity index (χ1v) is 10.9. The van der Waals surface area contributed by atoms with Gasteiger partial charge in [0.25, 0.3) is 5.91 Å². The van der Waals surface area contributed by atoms with Crippen molar-refractivity contribution in [3.05, 3.63) is 51.7 Å². The molecule has 152 valence electrons. The van der Waals surface area contributed by atoms with Gasteiger partial charge in [0.2, 0.25) is 10.0 Å². The Morgan fingerprint density at radius 3 is 2.57 bits per heavy atom. The summed E-state index contributed by atoms with van der Waals surface area (Å²) >= 11 is 9.20. The lowest BCUT2D eigenvalue weighted by molar-refractivity contribution is -0.118. The number of hydrogen-bond donors (Lipinski definition) is 2. The molecule has 6 nitrogen and oxygen atoms in total. The van der Waals surface area contributed by atoms with Crippen LogP contribution >= 0.6 is 27.5 Å². The lowest BCUT2D eigenvalue weighted by Gasteiger charge is -2.12. The number of benzene rings is 2. The van der Waals surface area contributed by atoms with E-state index < -0.39 is 28.4 Å². The summed E-state index contributed by atoms with van der Waals surface area (Å²) in [5.74, 6) is -0.894. The van der Waals surface area contributed by atoms with E-state index in [1.165, 1.54) is 30.3 Å². The number of amides is 1. The van der Waals surface area contributed by atoms with Crippen LogP contribution in [-0.4, -0.2) is 27.5 Å². The number of nitrogens with one attached hydrogen (secondary N) is 2. The summed E-state index contributed by atoms with van der Waals surface area (Å²) in [6, 6.07) is 8.15. The van der Waals surface area contributed by atoms with Crippen molar-refractivity contribution >= 4 is 49.1 Å². The van der Waals surface area contributed by atoms with Gasteiger partial charge in [0.15, 0.2) is 6.61 Å². The molecular formula is C18H19BrClFN2O4S. The van der Waals surface area contributed by atoms with Crippen molar-refractivity contribution in [2.75, 3.05) is 18.5 Å². The van der Waals surface area contributed by atoms with Crippen LogP contribution < -0.4 is 14.8 Å². The lowest BCUT2D eigenvalue weighted by Crippen LogP contribution is -2.27. The molecule has 0 aliphatic rings. The van der Waals surface area contributed by atoms with Crippen molar-refractivity contribution in [2.24, 2.45) is 5.92 Å². The average Bonchev–Trinajstić information content (AvgIpc) is 2.61. The molecule has 0 bridgehead atoms. The summed E-state index contributed by atoms with van der Waals surface area (Å²) in [5.41, 5.74) is 0.0144. The van der Waals surface area contributed by atoms with Gasteiger partial charge in [0.1, 0.15) is 11.6 Å². The summed E-state index contributed by atoms with van der Waals surface area (Å²) in [6.07, 6.45) is 0. The van der Waals surface area contributed by atoms with Crippen molar-refractivity contribution in [3.63, 3.8) is 0 Å². The van der Waals surface area contributed by atoms with E-state index in [4.69, 9.17) is 16.3 Å². The zero-order chi connectivity index (χ0) is 20.9. The molecule has 0 fully saturated rings. The Labute approximate surface area is 176 Å². The Kier molecular flexibility index (Phi) is 7.82. The molecule has 0 aromatic heterocycles. The minimum absolute atomic E-state index is 0.00751. The molecule has 0 aliphatic heterocycles.